The Morgan fingerprint density at radius 3 is 2.71 bits per heavy atom. The van der Waals surface area contributed by atoms with Gasteiger partial charge in [-0.1, -0.05) is 12.1 Å². The number of piperazine rings is 1. The lowest BCUT2D eigenvalue weighted by Crippen LogP contribution is -2.52. The summed E-state index contributed by atoms with van der Waals surface area (Å²) in [5.41, 5.74) is 0.742. The van der Waals surface area contributed by atoms with Gasteiger partial charge in [0.15, 0.2) is 0 Å². The van der Waals surface area contributed by atoms with Gasteiger partial charge in [0.25, 0.3) is 0 Å². The SMILES string of the molecule is COc1ccccc1N1CC(C(=O)N2CCN(CC3CCCO3)CC2)CC1=O. The molecule has 2 amide bonds. The Bertz CT molecular complexity index is 711. The van der Waals surface area contributed by atoms with Crippen molar-refractivity contribution in [3.8, 4) is 5.75 Å². The molecule has 1 aromatic carbocycles. The number of amides is 2. The molecule has 0 saturated carbocycles. The van der Waals surface area contributed by atoms with Crippen LogP contribution in [0, 0.1) is 5.92 Å². The molecule has 0 spiro atoms. The Labute approximate surface area is 166 Å². The largest absolute Gasteiger partial charge is 0.495 e. The van der Waals surface area contributed by atoms with E-state index in [4.69, 9.17) is 9.47 Å². The summed E-state index contributed by atoms with van der Waals surface area (Å²) in [6.45, 7) is 5.47. The van der Waals surface area contributed by atoms with Crippen LogP contribution >= 0.6 is 0 Å². The lowest BCUT2D eigenvalue weighted by Gasteiger charge is -2.36. The van der Waals surface area contributed by atoms with E-state index in [1.807, 2.05) is 29.2 Å². The molecule has 2 atom stereocenters. The zero-order valence-electron chi connectivity index (χ0n) is 16.5. The molecule has 3 aliphatic rings. The van der Waals surface area contributed by atoms with Gasteiger partial charge in [0.05, 0.1) is 24.8 Å². The second kappa shape index (κ2) is 8.49. The quantitative estimate of drug-likeness (QED) is 0.764. The average Bonchev–Trinajstić information content (AvgIpc) is 3.37. The number of carbonyl (C=O) groups excluding carboxylic acids is 2. The first kappa shape index (κ1) is 19.2. The minimum Gasteiger partial charge on any atom is -0.495 e. The van der Waals surface area contributed by atoms with Gasteiger partial charge in [-0.25, -0.2) is 0 Å². The number of carbonyl (C=O) groups is 2. The predicted molar refractivity (Wildman–Crippen MR) is 105 cm³/mol. The molecule has 7 nitrogen and oxygen atoms in total. The van der Waals surface area contributed by atoms with E-state index in [-0.39, 0.29) is 24.2 Å². The number of para-hydroxylation sites is 2. The summed E-state index contributed by atoms with van der Waals surface area (Å²) < 4.78 is 11.1. The van der Waals surface area contributed by atoms with Gasteiger partial charge in [0, 0.05) is 52.3 Å². The molecule has 2 unspecified atom stereocenters. The van der Waals surface area contributed by atoms with E-state index in [9.17, 15) is 9.59 Å². The van der Waals surface area contributed by atoms with Crippen molar-refractivity contribution in [1.82, 2.24) is 9.80 Å². The van der Waals surface area contributed by atoms with Gasteiger partial charge in [-0.05, 0) is 25.0 Å². The first-order chi connectivity index (χ1) is 13.7. The van der Waals surface area contributed by atoms with E-state index >= 15 is 0 Å². The topological polar surface area (TPSA) is 62.3 Å². The number of ether oxygens (including phenoxy) is 2. The molecule has 152 valence electrons. The summed E-state index contributed by atoms with van der Waals surface area (Å²) in [6, 6.07) is 7.47. The monoisotopic (exact) mass is 387 g/mol. The van der Waals surface area contributed by atoms with Gasteiger partial charge in [0.2, 0.25) is 11.8 Å². The van der Waals surface area contributed by atoms with Crippen molar-refractivity contribution in [2.75, 3.05) is 57.9 Å². The van der Waals surface area contributed by atoms with Crippen molar-refractivity contribution < 1.29 is 19.1 Å². The van der Waals surface area contributed by atoms with Crippen molar-refractivity contribution in [1.29, 1.82) is 0 Å². The molecule has 0 bridgehead atoms. The molecule has 3 fully saturated rings. The standard InChI is InChI=1S/C21H29N3O4/c1-27-19-7-3-2-6-18(19)24-14-16(13-20(24)25)21(26)23-10-8-22(9-11-23)15-17-5-4-12-28-17/h2-3,6-7,16-17H,4-5,8-15H2,1H3. The molecule has 7 heteroatoms. The minimum atomic E-state index is -0.276. The second-order valence-electron chi connectivity index (χ2n) is 7.84. The molecular formula is C21H29N3O4. The number of rotatable bonds is 5. The highest BCUT2D eigenvalue weighted by Crippen LogP contribution is 2.33. The third-order valence-corrected chi connectivity index (χ3v) is 6.02. The highest BCUT2D eigenvalue weighted by molar-refractivity contribution is 6.01. The molecule has 1 aromatic rings. The fourth-order valence-electron chi connectivity index (χ4n) is 4.44. The zero-order chi connectivity index (χ0) is 19.5. The van der Waals surface area contributed by atoms with Crippen LogP contribution in [0.15, 0.2) is 24.3 Å². The highest BCUT2D eigenvalue weighted by Gasteiger charge is 2.38. The molecular weight excluding hydrogens is 358 g/mol. The Hall–Kier alpha value is -2.12. The summed E-state index contributed by atoms with van der Waals surface area (Å²) in [4.78, 5) is 31.6. The predicted octanol–water partition coefficient (Wildman–Crippen LogP) is 1.37. The fourth-order valence-corrected chi connectivity index (χ4v) is 4.44. The smallest absolute Gasteiger partial charge is 0.228 e. The molecule has 0 aromatic heterocycles. The fraction of sp³-hybridized carbons (Fsp3) is 0.619. The molecule has 3 saturated heterocycles. The van der Waals surface area contributed by atoms with Gasteiger partial charge in [-0.15, -0.1) is 0 Å². The second-order valence-corrected chi connectivity index (χ2v) is 7.84. The van der Waals surface area contributed by atoms with Gasteiger partial charge in [-0.3, -0.25) is 14.5 Å². The van der Waals surface area contributed by atoms with Crippen LogP contribution < -0.4 is 9.64 Å². The molecule has 0 radical (unpaired) electrons. The summed E-state index contributed by atoms with van der Waals surface area (Å²) >= 11 is 0. The van der Waals surface area contributed by atoms with Crippen molar-refractivity contribution in [3.05, 3.63) is 24.3 Å². The molecule has 3 aliphatic heterocycles. The summed E-state index contributed by atoms with van der Waals surface area (Å²) in [5.74, 6) is 0.469. The van der Waals surface area contributed by atoms with Crippen LogP contribution in [-0.4, -0.2) is 80.7 Å². The number of nitrogens with zero attached hydrogens (tertiary/aromatic N) is 3. The van der Waals surface area contributed by atoms with Crippen molar-refractivity contribution in [2.24, 2.45) is 5.92 Å². The average molecular weight is 387 g/mol. The van der Waals surface area contributed by atoms with Crippen molar-refractivity contribution in [2.45, 2.75) is 25.4 Å². The molecule has 28 heavy (non-hydrogen) atoms. The van der Waals surface area contributed by atoms with Gasteiger partial charge < -0.3 is 19.3 Å². The number of methoxy groups -OCH3 is 1. The molecule has 0 aliphatic carbocycles. The van der Waals surface area contributed by atoms with Crippen LogP contribution in [0.4, 0.5) is 5.69 Å². The number of benzene rings is 1. The highest BCUT2D eigenvalue weighted by atomic mass is 16.5. The summed E-state index contributed by atoms with van der Waals surface area (Å²) in [6.07, 6.45) is 2.92. The van der Waals surface area contributed by atoms with Gasteiger partial charge in [0.1, 0.15) is 5.75 Å². The van der Waals surface area contributed by atoms with Crippen LogP contribution in [0.3, 0.4) is 0 Å². The molecule has 3 heterocycles. The van der Waals surface area contributed by atoms with Crippen molar-refractivity contribution in [3.63, 3.8) is 0 Å². The Balaban J connectivity index is 1.32. The number of hydrogen-bond donors (Lipinski definition) is 0. The molecule has 4 rings (SSSR count). The van der Waals surface area contributed by atoms with Gasteiger partial charge >= 0.3 is 0 Å². The van der Waals surface area contributed by atoms with Crippen LogP contribution in [0.1, 0.15) is 19.3 Å². The first-order valence-electron chi connectivity index (χ1n) is 10.2. The van der Waals surface area contributed by atoms with E-state index < -0.39 is 0 Å². The zero-order valence-corrected chi connectivity index (χ0v) is 16.5. The first-order valence-corrected chi connectivity index (χ1v) is 10.2. The Morgan fingerprint density at radius 1 is 1.21 bits per heavy atom. The maximum Gasteiger partial charge on any atom is 0.228 e. The van der Waals surface area contributed by atoms with E-state index in [1.54, 1.807) is 12.0 Å². The lowest BCUT2D eigenvalue weighted by molar-refractivity contribution is -0.137. The normalized spacial score (nSPS) is 26.1. The van der Waals surface area contributed by atoms with Crippen LogP contribution in [0.5, 0.6) is 5.75 Å². The number of anilines is 1. The van der Waals surface area contributed by atoms with Crippen LogP contribution in [0.25, 0.3) is 0 Å². The maximum atomic E-state index is 13.0. The van der Waals surface area contributed by atoms with E-state index in [2.05, 4.69) is 4.90 Å². The van der Waals surface area contributed by atoms with Crippen molar-refractivity contribution >= 4 is 17.5 Å². The summed E-state index contributed by atoms with van der Waals surface area (Å²) in [5, 5.41) is 0. The molecule has 0 N–H and O–H groups in total. The van der Waals surface area contributed by atoms with Crippen LogP contribution in [-0.2, 0) is 14.3 Å². The van der Waals surface area contributed by atoms with E-state index in [0.29, 0.717) is 18.4 Å². The minimum absolute atomic E-state index is 0.0140. The Kier molecular flexibility index (Phi) is 5.82. The summed E-state index contributed by atoms with van der Waals surface area (Å²) in [7, 11) is 1.60. The Morgan fingerprint density at radius 2 is 2.00 bits per heavy atom. The third-order valence-electron chi connectivity index (χ3n) is 6.02. The number of hydrogen-bond acceptors (Lipinski definition) is 5. The van der Waals surface area contributed by atoms with Gasteiger partial charge in [-0.2, -0.15) is 0 Å². The van der Waals surface area contributed by atoms with E-state index in [1.165, 1.54) is 0 Å². The lowest BCUT2D eigenvalue weighted by atomic mass is 10.1. The van der Waals surface area contributed by atoms with Crippen LogP contribution in [0.2, 0.25) is 0 Å². The van der Waals surface area contributed by atoms with E-state index in [0.717, 1.165) is 57.9 Å². The maximum absolute atomic E-state index is 13.0. The third kappa shape index (κ3) is 4.00.